The lowest BCUT2D eigenvalue weighted by molar-refractivity contribution is -0.119. The summed E-state index contributed by atoms with van der Waals surface area (Å²) in [5, 5.41) is 4.04. The molecule has 202 valence electrons. The van der Waals surface area contributed by atoms with Crippen LogP contribution in [-0.2, 0) is 14.8 Å². The fourth-order valence-corrected chi connectivity index (χ4v) is 5.59. The average Bonchev–Trinajstić information content (AvgIpc) is 3.20. The van der Waals surface area contributed by atoms with Crippen LogP contribution in [-0.4, -0.2) is 38.8 Å². The second kappa shape index (κ2) is 11.5. The Morgan fingerprint density at radius 1 is 1.03 bits per heavy atom. The molecule has 0 aliphatic rings. The van der Waals surface area contributed by atoms with Gasteiger partial charge in [-0.2, -0.15) is 5.10 Å². The fourth-order valence-electron chi connectivity index (χ4n) is 4.18. The molecule has 0 aliphatic heterocycles. The highest BCUT2D eigenvalue weighted by Gasteiger charge is 2.27. The maximum Gasteiger partial charge on any atom is 0.264 e. The number of nitrogens with zero attached hydrogens (tertiary/aromatic N) is 3. The number of carbonyl (C=O) groups excluding carboxylic acids is 1. The van der Waals surface area contributed by atoms with Crippen molar-refractivity contribution in [3.63, 3.8) is 0 Å². The Bertz CT molecular complexity index is 1630. The number of anilines is 1. The zero-order chi connectivity index (χ0) is 28.2. The molecule has 3 aromatic carbocycles. The number of hydrogen-bond donors (Lipinski definition) is 1. The Morgan fingerprint density at radius 3 is 2.44 bits per heavy atom. The number of hydrogen-bond acceptors (Lipinski definition) is 5. The standard InChI is InChI=1S/C29H29FN4O4S/c1-20-12-14-26(15-13-20)39(36,37)33(24-8-7-9-25(17-24)38-4)19-29(35)32-31-18-23-16-21(2)34(22(23)3)28-11-6-5-10-27(28)30/h5-18H,19H2,1-4H3,(H,32,35)/b31-18-. The smallest absolute Gasteiger partial charge is 0.264 e. The summed E-state index contributed by atoms with van der Waals surface area (Å²) < 4.78 is 49.5. The van der Waals surface area contributed by atoms with E-state index < -0.39 is 22.5 Å². The molecule has 39 heavy (non-hydrogen) atoms. The summed E-state index contributed by atoms with van der Waals surface area (Å²) in [5.41, 5.74) is 6.19. The Labute approximate surface area is 227 Å². The van der Waals surface area contributed by atoms with Crippen LogP contribution < -0.4 is 14.5 Å². The first-order chi connectivity index (χ1) is 18.6. The molecule has 0 spiro atoms. The van der Waals surface area contributed by atoms with E-state index in [2.05, 4.69) is 10.5 Å². The van der Waals surface area contributed by atoms with E-state index in [-0.39, 0.29) is 16.4 Å². The van der Waals surface area contributed by atoms with Crippen molar-refractivity contribution in [2.45, 2.75) is 25.7 Å². The zero-order valence-corrected chi connectivity index (χ0v) is 22.9. The summed E-state index contributed by atoms with van der Waals surface area (Å²) in [6.07, 6.45) is 1.45. The zero-order valence-electron chi connectivity index (χ0n) is 22.1. The minimum atomic E-state index is -4.09. The minimum absolute atomic E-state index is 0.0489. The van der Waals surface area contributed by atoms with Crippen molar-refractivity contribution in [2.75, 3.05) is 18.0 Å². The molecule has 1 N–H and O–H groups in total. The van der Waals surface area contributed by atoms with Crippen LogP contribution in [0.1, 0.15) is 22.5 Å². The van der Waals surface area contributed by atoms with Gasteiger partial charge in [-0.3, -0.25) is 9.10 Å². The second-order valence-electron chi connectivity index (χ2n) is 8.93. The van der Waals surface area contributed by atoms with E-state index in [1.54, 1.807) is 59.2 Å². The Kier molecular flexibility index (Phi) is 8.15. The van der Waals surface area contributed by atoms with Gasteiger partial charge in [0.25, 0.3) is 15.9 Å². The van der Waals surface area contributed by atoms with E-state index in [9.17, 15) is 17.6 Å². The maximum absolute atomic E-state index is 14.4. The average molecular weight is 549 g/mol. The van der Waals surface area contributed by atoms with Gasteiger partial charge in [-0.25, -0.2) is 18.2 Å². The highest BCUT2D eigenvalue weighted by molar-refractivity contribution is 7.92. The molecule has 4 aromatic rings. The van der Waals surface area contributed by atoms with Crippen LogP contribution in [0.25, 0.3) is 5.69 Å². The number of rotatable bonds is 9. The first-order valence-electron chi connectivity index (χ1n) is 12.1. The summed E-state index contributed by atoms with van der Waals surface area (Å²) in [7, 11) is -2.61. The largest absolute Gasteiger partial charge is 0.497 e. The number of aryl methyl sites for hydroxylation is 2. The molecule has 0 radical (unpaired) electrons. The quantitative estimate of drug-likeness (QED) is 0.238. The lowest BCUT2D eigenvalue weighted by Gasteiger charge is -2.24. The van der Waals surface area contributed by atoms with Gasteiger partial charge < -0.3 is 9.30 Å². The molecule has 8 nitrogen and oxygen atoms in total. The van der Waals surface area contributed by atoms with E-state index >= 15 is 0 Å². The van der Waals surface area contributed by atoms with Crippen molar-refractivity contribution in [3.05, 3.63) is 107 Å². The molecule has 1 heterocycles. The monoisotopic (exact) mass is 548 g/mol. The topological polar surface area (TPSA) is 93.0 Å². The summed E-state index contributed by atoms with van der Waals surface area (Å²) in [6, 6.07) is 21.1. The Morgan fingerprint density at radius 2 is 1.74 bits per heavy atom. The molecule has 4 rings (SSSR count). The van der Waals surface area contributed by atoms with Gasteiger partial charge in [0.2, 0.25) is 0 Å². The van der Waals surface area contributed by atoms with E-state index in [4.69, 9.17) is 4.74 Å². The van der Waals surface area contributed by atoms with Crippen LogP contribution in [0.15, 0.2) is 88.9 Å². The summed E-state index contributed by atoms with van der Waals surface area (Å²) >= 11 is 0. The molecule has 0 atom stereocenters. The van der Waals surface area contributed by atoms with Crippen molar-refractivity contribution in [1.29, 1.82) is 0 Å². The van der Waals surface area contributed by atoms with Gasteiger partial charge in [-0.15, -0.1) is 0 Å². The third-order valence-electron chi connectivity index (χ3n) is 6.19. The molecule has 0 bridgehead atoms. The summed E-state index contributed by atoms with van der Waals surface area (Å²) in [4.78, 5) is 13.0. The molecule has 0 aliphatic carbocycles. The number of para-hydroxylation sites is 1. The highest BCUT2D eigenvalue weighted by atomic mass is 32.2. The van der Waals surface area contributed by atoms with Gasteiger partial charge in [0.05, 0.1) is 29.6 Å². The molecule has 0 saturated carbocycles. The van der Waals surface area contributed by atoms with Crippen LogP contribution in [0.3, 0.4) is 0 Å². The van der Waals surface area contributed by atoms with E-state index in [0.29, 0.717) is 17.0 Å². The van der Waals surface area contributed by atoms with Gasteiger partial charge >= 0.3 is 0 Å². The number of hydrazone groups is 1. The summed E-state index contributed by atoms with van der Waals surface area (Å²) in [5.74, 6) is -0.559. The number of benzene rings is 3. The Hall–Kier alpha value is -4.44. The maximum atomic E-state index is 14.4. The van der Waals surface area contributed by atoms with E-state index in [1.165, 1.54) is 31.5 Å². The predicted octanol–water partition coefficient (Wildman–Crippen LogP) is 4.90. The number of carbonyl (C=O) groups is 1. The van der Waals surface area contributed by atoms with Crippen molar-refractivity contribution in [3.8, 4) is 11.4 Å². The summed E-state index contributed by atoms with van der Waals surface area (Å²) in [6.45, 7) is 5.00. The predicted molar refractivity (Wildman–Crippen MR) is 150 cm³/mol. The second-order valence-corrected chi connectivity index (χ2v) is 10.8. The molecule has 10 heteroatoms. The number of amides is 1. The molecular formula is C29H29FN4O4S. The molecule has 0 saturated heterocycles. The van der Waals surface area contributed by atoms with Gasteiger partial charge in [-0.05, 0) is 63.2 Å². The van der Waals surface area contributed by atoms with Gasteiger partial charge in [-0.1, -0.05) is 35.9 Å². The number of nitrogens with one attached hydrogen (secondary N) is 1. The lowest BCUT2D eigenvalue weighted by Crippen LogP contribution is -2.39. The number of halogens is 1. The van der Waals surface area contributed by atoms with E-state index in [1.807, 2.05) is 26.8 Å². The minimum Gasteiger partial charge on any atom is -0.497 e. The van der Waals surface area contributed by atoms with Crippen molar-refractivity contribution in [1.82, 2.24) is 9.99 Å². The molecule has 0 fully saturated rings. The molecule has 0 unspecified atom stereocenters. The number of methoxy groups -OCH3 is 1. The molecular weight excluding hydrogens is 519 g/mol. The third kappa shape index (κ3) is 6.01. The van der Waals surface area contributed by atoms with Gasteiger partial charge in [0.1, 0.15) is 18.1 Å². The number of aromatic nitrogens is 1. The van der Waals surface area contributed by atoms with Crippen LogP contribution in [0.4, 0.5) is 10.1 Å². The molecule has 1 amide bonds. The van der Waals surface area contributed by atoms with Crippen LogP contribution >= 0.6 is 0 Å². The van der Waals surface area contributed by atoms with Crippen molar-refractivity contribution in [2.24, 2.45) is 5.10 Å². The molecule has 1 aromatic heterocycles. The van der Waals surface area contributed by atoms with Gasteiger partial charge in [0, 0.05) is 23.0 Å². The number of sulfonamides is 1. The van der Waals surface area contributed by atoms with E-state index in [0.717, 1.165) is 21.3 Å². The third-order valence-corrected chi connectivity index (χ3v) is 7.98. The van der Waals surface area contributed by atoms with Crippen molar-refractivity contribution < 1.29 is 22.3 Å². The lowest BCUT2D eigenvalue weighted by atomic mass is 10.2. The normalized spacial score (nSPS) is 11.5. The first kappa shape index (κ1) is 27.6. The SMILES string of the molecule is COc1cccc(N(CC(=O)N/N=C\c2cc(C)n(-c3ccccc3F)c2C)S(=O)(=O)c2ccc(C)cc2)c1. The fraction of sp³-hybridized carbons (Fsp3) is 0.172. The van der Waals surface area contributed by atoms with Crippen LogP contribution in [0.5, 0.6) is 5.75 Å². The van der Waals surface area contributed by atoms with Crippen LogP contribution in [0, 0.1) is 26.6 Å². The number of ether oxygens (including phenoxy) is 1. The van der Waals surface area contributed by atoms with Crippen LogP contribution in [0.2, 0.25) is 0 Å². The van der Waals surface area contributed by atoms with Crippen molar-refractivity contribution >= 4 is 27.8 Å². The Balaban J connectivity index is 1.57. The first-order valence-corrected chi connectivity index (χ1v) is 13.5. The van der Waals surface area contributed by atoms with Gasteiger partial charge in [0.15, 0.2) is 0 Å². The highest BCUT2D eigenvalue weighted by Crippen LogP contribution is 2.27.